The summed E-state index contributed by atoms with van der Waals surface area (Å²) < 4.78 is 0. The van der Waals surface area contributed by atoms with E-state index in [4.69, 9.17) is 11.6 Å². The second-order valence-electron chi connectivity index (χ2n) is 3.48. The van der Waals surface area contributed by atoms with E-state index in [1.54, 1.807) is 0 Å². The molecule has 0 saturated carbocycles. The van der Waals surface area contributed by atoms with Gasteiger partial charge in [0.1, 0.15) is 0 Å². The molecule has 0 unspecified atom stereocenters. The highest BCUT2D eigenvalue weighted by atomic mass is 35.5. The summed E-state index contributed by atoms with van der Waals surface area (Å²) in [5, 5.41) is 3.94. The molecular formula is C12H19ClN2. The number of halogens is 1. The molecule has 84 valence electrons. The summed E-state index contributed by atoms with van der Waals surface area (Å²) in [6.45, 7) is 7.14. The fraction of sp³-hybridized carbons (Fsp3) is 0.500. The first-order valence-electron chi connectivity index (χ1n) is 5.40. The van der Waals surface area contributed by atoms with E-state index in [0.29, 0.717) is 0 Å². The minimum Gasteiger partial charge on any atom is -0.372 e. The third kappa shape index (κ3) is 3.11. The van der Waals surface area contributed by atoms with Crippen LogP contribution in [0.15, 0.2) is 18.2 Å². The molecular weight excluding hydrogens is 208 g/mol. The first-order chi connectivity index (χ1) is 7.22. The van der Waals surface area contributed by atoms with Gasteiger partial charge in [0.15, 0.2) is 0 Å². The second-order valence-corrected chi connectivity index (χ2v) is 3.89. The van der Waals surface area contributed by atoms with Gasteiger partial charge in [-0.15, -0.1) is 0 Å². The molecule has 0 aliphatic heterocycles. The highest BCUT2D eigenvalue weighted by Gasteiger charge is 2.05. The van der Waals surface area contributed by atoms with E-state index in [1.165, 1.54) is 5.69 Å². The molecule has 0 spiro atoms. The molecule has 1 rings (SSSR count). The number of hydrogen-bond donors (Lipinski definition) is 1. The van der Waals surface area contributed by atoms with E-state index in [2.05, 4.69) is 36.2 Å². The van der Waals surface area contributed by atoms with Gasteiger partial charge in [-0.3, -0.25) is 0 Å². The zero-order valence-electron chi connectivity index (χ0n) is 9.68. The van der Waals surface area contributed by atoms with E-state index in [1.807, 2.05) is 13.1 Å². The quantitative estimate of drug-likeness (QED) is 0.831. The van der Waals surface area contributed by atoms with E-state index in [-0.39, 0.29) is 0 Å². The number of rotatable bonds is 5. The Morgan fingerprint density at radius 1 is 1.27 bits per heavy atom. The van der Waals surface area contributed by atoms with Crippen LogP contribution in [-0.2, 0) is 6.54 Å². The summed E-state index contributed by atoms with van der Waals surface area (Å²) in [5.41, 5.74) is 2.35. The SMILES string of the molecule is CCN(CC)c1ccc(CNC)c(Cl)c1. The predicted octanol–water partition coefficient (Wildman–Crippen LogP) is 2.91. The van der Waals surface area contributed by atoms with Crippen LogP contribution in [0.5, 0.6) is 0 Å². The molecule has 15 heavy (non-hydrogen) atoms. The summed E-state index contributed by atoms with van der Waals surface area (Å²) in [4.78, 5) is 2.29. The number of benzene rings is 1. The minimum absolute atomic E-state index is 0.817. The van der Waals surface area contributed by atoms with Crippen molar-refractivity contribution in [2.24, 2.45) is 0 Å². The summed E-state index contributed by atoms with van der Waals surface area (Å²) >= 11 is 6.20. The van der Waals surface area contributed by atoms with Gasteiger partial charge in [0.25, 0.3) is 0 Å². The molecule has 0 radical (unpaired) electrons. The average Bonchev–Trinajstić information content (AvgIpc) is 2.24. The molecule has 0 aromatic heterocycles. The van der Waals surface area contributed by atoms with Gasteiger partial charge in [-0.25, -0.2) is 0 Å². The first kappa shape index (κ1) is 12.3. The maximum atomic E-state index is 6.20. The van der Waals surface area contributed by atoms with Crippen molar-refractivity contribution in [2.45, 2.75) is 20.4 Å². The number of nitrogens with zero attached hydrogens (tertiary/aromatic N) is 1. The highest BCUT2D eigenvalue weighted by Crippen LogP contribution is 2.23. The van der Waals surface area contributed by atoms with E-state index in [9.17, 15) is 0 Å². The van der Waals surface area contributed by atoms with Gasteiger partial charge in [-0.05, 0) is 38.6 Å². The summed E-state index contributed by atoms with van der Waals surface area (Å²) in [6, 6.07) is 6.26. The number of hydrogen-bond acceptors (Lipinski definition) is 2. The summed E-state index contributed by atoms with van der Waals surface area (Å²) in [7, 11) is 1.93. The van der Waals surface area contributed by atoms with E-state index >= 15 is 0 Å². The Balaban J connectivity index is 2.89. The van der Waals surface area contributed by atoms with Crippen LogP contribution >= 0.6 is 11.6 Å². The van der Waals surface area contributed by atoms with Gasteiger partial charge >= 0.3 is 0 Å². The molecule has 0 bridgehead atoms. The van der Waals surface area contributed by atoms with Crippen LogP contribution in [0.3, 0.4) is 0 Å². The highest BCUT2D eigenvalue weighted by molar-refractivity contribution is 6.31. The maximum absolute atomic E-state index is 6.20. The Hall–Kier alpha value is -0.730. The van der Waals surface area contributed by atoms with Crippen molar-refractivity contribution >= 4 is 17.3 Å². The lowest BCUT2D eigenvalue weighted by molar-refractivity contribution is 0.816. The Kier molecular flexibility index (Phi) is 4.92. The molecule has 0 amide bonds. The lowest BCUT2D eigenvalue weighted by Crippen LogP contribution is -2.21. The van der Waals surface area contributed by atoms with Crippen LogP contribution in [0.1, 0.15) is 19.4 Å². The number of nitrogens with one attached hydrogen (secondary N) is 1. The van der Waals surface area contributed by atoms with Gasteiger partial charge < -0.3 is 10.2 Å². The molecule has 2 nitrogen and oxygen atoms in total. The van der Waals surface area contributed by atoms with Crippen molar-refractivity contribution < 1.29 is 0 Å². The molecule has 0 saturated heterocycles. The molecule has 1 N–H and O–H groups in total. The number of anilines is 1. The van der Waals surface area contributed by atoms with Gasteiger partial charge in [-0.1, -0.05) is 17.7 Å². The molecule has 0 aliphatic rings. The third-order valence-electron chi connectivity index (χ3n) is 2.53. The van der Waals surface area contributed by atoms with Gasteiger partial charge in [0.05, 0.1) is 0 Å². The van der Waals surface area contributed by atoms with Crippen molar-refractivity contribution in [1.82, 2.24) is 5.32 Å². The van der Waals surface area contributed by atoms with E-state index in [0.717, 1.165) is 30.2 Å². The molecule has 3 heteroatoms. The summed E-state index contributed by atoms with van der Waals surface area (Å²) in [5.74, 6) is 0. The van der Waals surface area contributed by atoms with Crippen LogP contribution in [0, 0.1) is 0 Å². The smallest absolute Gasteiger partial charge is 0.0471 e. The predicted molar refractivity (Wildman–Crippen MR) is 67.8 cm³/mol. The van der Waals surface area contributed by atoms with Crippen molar-refractivity contribution in [3.8, 4) is 0 Å². The van der Waals surface area contributed by atoms with Crippen LogP contribution in [0.2, 0.25) is 5.02 Å². The fourth-order valence-corrected chi connectivity index (χ4v) is 1.90. The Bertz CT molecular complexity index is 308. The van der Waals surface area contributed by atoms with Crippen molar-refractivity contribution in [1.29, 1.82) is 0 Å². The third-order valence-corrected chi connectivity index (χ3v) is 2.88. The molecule has 1 aromatic rings. The second kappa shape index (κ2) is 5.99. The normalized spacial score (nSPS) is 10.4. The molecule has 1 aromatic carbocycles. The van der Waals surface area contributed by atoms with Crippen molar-refractivity contribution in [2.75, 3.05) is 25.0 Å². The lowest BCUT2D eigenvalue weighted by Gasteiger charge is -2.21. The zero-order valence-corrected chi connectivity index (χ0v) is 10.4. The lowest BCUT2D eigenvalue weighted by atomic mass is 10.2. The van der Waals surface area contributed by atoms with Crippen LogP contribution in [-0.4, -0.2) is 20.1 Å². The Labute approximate surface area is 97.2 Å². The van der Waals surface area contributed by atoms with Gasteiger partial charge in [-0.2, -0.15) is 0 Å². The topological polar surface area (TPSA) is 15.3 Å². The Morgan fingerprint density at radius 2 is 1.93 bits per heavy atom. The first-order valence-corrected chi connectivity index (χ1v) is 5.78. The van der Waals surface area contributed by atoms with E-state index < -0.39 is 0 Å². The zero-order chi connectivity index (χ0) is 11.3. The van der Waals surface area contributed by atoms with Gasteiger partial charge in [0.2, 0.25) is 0 Å². The Morgan fingerprint density at radius 3 is 2.40 bits per heavy atom. The average molecular weight is 227 g/mol. The fourth-order valence-electron chi connectivity index (χ4n) is 1.66. The largest absolute Gasteiger partial charge is 0.372 e. The summed E-state index contributed by atoms with van der Waals surface area (Å²) in [6.07, 6.45) is 0. The molecule has 0 heterocycles. The van der Waals surface area contributed by atoms with Crippen molar-refractivity contribution in [3.63, 3.8) is 0 Å². The van der Waals surface area contributed by atoms with Crippen molar-refractivity contribution in [3.05, 3.63) is 28.8 Å². The maximum Gasteiger partial charge on any atom is 0.0471 e. The minimum atomic E-state index is 0.817. The van der Waals surface area contributed by atoms with Crippen LogP contribution in [0.4, 0.5) is 5.69 Å². The monoisotopic (exact) mass is 226 g/mol. The molecule has 0 atom stereocenters. The van der Waals surface area contributed by atoms with Crippen LogP contribution < -0.4 is 10.2 Å². The molecule has 0 aliphatic carbocycles. The van der Waals surface area contributed by atoms with Gasteiger partial charge in [0, 0.05) is 30.3 Å². The van der Waals surface area contributed by atoms with Crippen LogP contribution in [0.25, 0.3) is 0 Å². The molecule has 0 fully saturated rings. The standard InChI is InChI=1S/C12H19ClN2/c1-4-15(5-2)11-7-6-10(9-14-3)12(13)8-11/h6-8,14H,4-5,9H2,1-3H3.